The summed E-state index contributed by atoms with van der Waals surface area (Å²) in [5, 5.41) is 3.42. The summed E-state index contributed by atoms with van der Waals surface area (Å²) in [6, 6.07) is 6.51. The lowest BCUT2D eigenvalue weighted by Gasteiger charge is -2.35. The highest BCUT2D eigenvalue weighted by atomic mass is 16.5. The Morgan fingerprint density at radius 3 is 3.05 bits per heavy atom. The van der Waals surface area contributed by atoms with Crippen molar-refractivity contribution in [3.8, 4) is 5.75 Å². The van der Waals surface area contributed by atoms with Gasteiger partial charge in [0.1, 0.15) is 5.75 Å². The van der Waals surface area contributed by atoms with Gasteiger partial charge in [0.25, 0.3) is 0 Å². The quantitative estimate of drug-likeness (QED) is 0.908. The first kappa shape index (κ1) is 14.4. The molecular weight excluding hydrogens is 264 g/mol. The molecule has 2 heterocycles. The van der Waals surface area contributed by atoms with Crippen LogP contribution in [0.15, 0.2) is 18.2 Å². The zero-order valence-corrected chi connectivity index (χ0v) is 12.9. The van der Waals surface area contributed by atoms with Crippen molar-refractivity contribution in [1.29, 1.82) is 0 Å². The van der Waals surface area contributed by atoms with E-state index >= 15 is 0 Å². The van der Waals surface area contributed by atoms with Crippen molar-refractivity contribution < 1.29 is 9.53 Å². The molecule has 1 amide bonds. The van der Waals surface area contributed by atoms with Gasteiger partial charge in [-0.15, -0.1) is 0 Å². The number of ether oxygens (including phenoxy) is 1. The predicted molar refractivity (Wildman–Crippen MR) is 83.9 cm³/mol. The number of nitrogens with one attached hydrogen (secondary N) is 1. The van der Waals surface area contributed by atoms with E-state index in [9.17, 15) is 4.79 Å². The van der Waals surface area contributed by atoms with Crippen LogP contribution in [-0.4, -0.2) is 32.1 Å². The van der Waals surface area contributed by atoms with Gasteiger partial charge in [-0.05, 0) is 50.8 Å². The number of piperidine rings is 1. The largest absolute Gasteiger partial charge is 0.495 e. The molecule has 0 saturated carbocycles. The lowest BCUT2D eigenvalue weighted by Crippen LogP contribution is -2.45. The number of rotatable bonds is 2. The standard InChI is InChI=1S/C17H24N2O2/c1-12-11-14(8-9-18-12)17(20)19-10-4-6-13-5-3-7-15(21-2)16(13)19/h3,5,7,12,14,18H,4,6,8-11H2,1-2H3. The number of methoxy groups -OCH3 is 1. The monoisotopic (exact) mass is 288 g/mol. The molecular formula is C17H24N2O2. The van der Waals surface area contributed by atoms with Crippen molar-refractivity contribution in [3.63, 3.8) is 0 Å². The van der Waals surface area contributed by atoms with E-state index in [0.29, 0.717) is 6.04 Å². The molecule has 4 nitrogen and oxygen atoms in total. The topological polar surface area (TPSA) is 41.6 Å². The predicted octanol–water partition coefficient (Wildman–Crippen LogP) is 2.36. The minimum atomic E-state index is 0.136. The van der Waals surface area contributed by atoms with Crippen LogP contribution < -0.4 is 15.0 Å². The third kappa shape index (κ3) is 2.77. The van der Waals surface area contributed by atoms with Gasteiger partial charge in [-0.3, -0.25) is 4.79 Å². The van der Waals surface area contributed by atoms with Gasteiger partial charge in [0.2, 0.25) is 5.91 Å². The van der Waals surface area contributed by atoms with Crippen LogP contribution in [0.25, 0.3) is 0 Å². The van der Waals surface area contributed by atoms with Crippen molar-refractivity contribution in [2.24, 2.45) is 5.92 Å². The van der Waals surface area contributed by atoms with E-state index in [2.05, 4.69) is 18.3 Å². The van der Waals surface area contributed by atoms with Gasteiger partial charge in [-0.2, -0.15) is 0 Å². The van der Waals surface area contributed by atoms with Crippen molar-refractivity contribution in [2.45, 2.75) is 38.6 Å². The minimum absolute atomic E-state index is 0.136. The summed E-state index contributed by atoms with van der Waals surface area (Å²) in [7, 11) is 1.68. The van der Waals surface area contributed by atoms with Crippen molar-refractivity contribution in [2.75, 3.05) is 25.1 Å². The van der Waals surface area contributed by atoms with Crippen LogP contribution in [-0.2, 0) is 11.2 Å². The van der Waals surface area contributed by atoms with E-state index in [1.807, 2.05) is 17.0 Å². The maximum Gasteiger partial charge on any atom is 0.230 e. The molecule has 3 rings (SSSR count). The van der Waals surface area contributed by atoms with Gasteiger partial charge in [-0.1, -0.05) is 12.1 Å². The van der Waals surface area contributed by atoms with E-state index in [4.69, 9.17) is 4.74 Å². The molecule has 1 fully saturated rings. The maximum absolute atomic E-state index is 13.0. The first-order chi connectivity index (χ1) is 10.2. The third-order valence-electron chi connectivity index (χ3n) is 4.64. The second kappa shape index (κ2) is 6.06. The van der Waals surface area contributed by atoms with Crippen LogP contribution in [0.4, 0.5) is 5.69 Å². The van der Waals surface area contributed by atoms with Crippen LogP contribution in [0.1, 0.15) is 31.7 Å². The molecule has 0 aromatic heterocycles. The summed E-state index contributed by atoms with van der Waals surface area (Å²) in [6.07, 6.45) is 3.93. The van der Waals surface area contributed by atoms with Crippen LogP contribution in [0.3, 0.4) is 0 Å². The Morgan fingerprint density at radius 1 is 1.43 bits per heavy atom. The zero-order valence-electron chi connectivity index (χ0n) is 12.9. The average Bonchev–Trinajstić information content (AvgIpc) is 2.53. The summed E-state index contributed by atoms with van der Waals surface area (Å²) in [5.41, 5.74) is 2.23. The van der Waals surface area contributed by atoms with Gasteiger partial charge in [0.05, 0.1) is 12.8 Å². The summed E-state index contributed by atoms with van der Waals surface area (Å²) < 4.78 is 5.50. The molecule has 1 saturated heterocycles. The maximum atomic E-state index is 13.0. The number of hydrogen-bond donors (Lipinski definition) is 1. The number of anilines is 1. The lowest BCUT2D eigenvalue weighted by atomic mass is 9.90. The molecule has 1 N–H and O–H groups in total. The molecule has 2 atom stereocenters. The first-order valence-corrected chi connectivity index (χ1v) is 7.91. The molecule has 0 radical (unpaired) electrons. The fourth-order valence-electron chi connectivity index (χ4n) is 3.58. The van der Waals surface area contributed by atoms with Gasteiger partial charge in [0.15, 0.2) is 0 Å². The van der Waals surface area contributed by atoms with Crippen LogP contribution in [0, 0.1) is 5.92 Å². The highest BCUT2D eigenvalue weighted by Crippen LogP contribution is 2.37. The number of amides is 1. The average molecular weight is 288 g/mol. The number of aryl methyl sites for hydroxylation is 1. The minimum Gasteiger partial charge on any atom is -0.495 e. The summed E-state index contributed by atoms with van der Waals surface area (Å²) in [5.74, 6) is 1.23. The Hall–Kier alpha value is -1.55. The third-order valence-corrected chi connectivity index (χ3v) is 4.64. The Balaban J connectivity index is 1.89. The number of carbonyl (C=O) groups is 1. The van der Waals surface area contributed by atoms with E-state index < -0.39 is 0 Å². The van der Waals surface area contributed by atoms with E-state index in [-0.39, 0.29) is 11.8 Å². The smallest absolute Gasteiger partial charge is 0.230 e. The van der Waals surface area contributed by atoms with Gasteiger partial charge >= 0.3 is 0 Å². The van der Waals surface area contributed by atoms with Crippen molar-refractivity contribution in [3.05, 3.63) is 23.8 Å². The van der Waals surface area contributed by atoms with E-state index in [0.717, 1.165) is 50.2 Å². The van der Waals surface area contributed by atoms with Crippen molar-refractivity contribution >= 4 is 11.6 Å². The molecule has 0 aliphatic carbocycles. The SMILES string of the molecule is COc1cccc2c1N(C(=O)C1CCNC(C)C1)CCC2. The second-order valence-electron chi connectivity index (χ2n) is 6.14. The van der Waals surface area contributed by atoms with Crippen LogP contribution in [0.5, 0.6) is 5.75 Å². The first-order valence-electron chi connectivity index (χ1n) is 7.91. The molecule has 114 valence electrons. The Morgan fingerprint density at radius 2 is 2.29 bits per heavy atom. The number of hydrogen-bond acceptors (Lipinski definition) is 3. The fourth-order valence-corrected chi connectivity index (χ4v) is 3.58. The molecule has 1 aromatic carbocycles. The number of benzene rings is 1. The van der Waals surface area contributed by atoms with Gasteiger partial charge in [-0.25, -0.2) is 0 Å². The van der Waals surface area contributed by atoms with Crippen LogP contribution >= 0.6 is 0 Å². The fraction of sp³-hybridized carbons (Fsp3) is 0.588. The van der Waals surface area contributed by atoms with Gasteiger partial charge in [0, 0.05) is 18.5 Å². The molecule has 21 heavy (non-hydrogen) atoms. The molecule has 1 aromatic rings. The van der Waals surface area contributed by atoms with E-state index in [1.54, 1.807) is 7.11 Å². The molecule has 2 aliphatic rings. The Labute approximate surface area is 126 Å². The van der Waals surface area contributed by atoms with Gasteiger partial charge < -0.3 is 15.0 Å². The number of carbonyl (C=O) groups excluding carboxylic acids is 1. The zero-order chi connectivity index (χ0) is 14.8. The molecule has 2 aliphatic heterocycles. The number of nitrogens with zero attached hydrogens (tertiary/aromatic N) is 1. The number of para-hydroxylation sites is 1. The normalized spacial score (nSPS) is 25.3. The second-order valence-corrected chi connectivity index (χ2v) is 6.14. The highest BCUT2D eigenvalue weighted by molar-refractivity contribution is 5.97. The Bertz CT molecular complexity index is 515. The van der Waals surface area contributed by atoms with Crippen LogP contribution in [0.2, 0.25) is 0 Å². The summed E-state index contributed by atoms with van der Waals surface area (Å²) in [6.45, 7) is 3.90. The molecule has 0 bridgehead atoms. The molecule has 4 heteroatoms. The summed E-state index contributed by atoms with van der Waals surface area (Å²) in [4.78, 5) is 14.9. The number of fused-ring (bicyclic) bond motifs is 1. The Kier molecular flexibility index (Phi) is 4.15. The molecule has 2 unspecified atom stereocenters. The molecule has 0 spiro atoms. The summed E-state index contributed by atoms with van der Waals surface area (Å²) >= 11 is 0. The van der Waals surface area contributed by atoms with Crippen molar-refractivity contribution in [1.82, 2.24) is 5.32 Å². The lowest BCUT2D eigenvalue weighted by molar-refractivity contribution is -0.123. The van der Waals surface area contributed by atoms with E-state index in [1.165, 1.54) is 5.56 Å². The highest BCUT2D eigenvalue weighted by Gasteiger charge is 2.32.